The molecule has 21 heavy (non-hydrogen) atoms. The van der Waals surface area contributed by atoms with Gasteiger partial charge in [-0.15, -0.1) is 0 Å². The highest BCUT2D eigenvalue weighted by Gasteiger charge is 2.26. The second-order valence-corrected chi connectivity index (χ2v) is 5.46. The van der Waals surface area contributed by atoms with E-state index in [-0.39, 0.29) is 22.3 Å². The van der Waals surface area contributed by atoms with Gasteiger partial charge in [0.15, 0.2) is 0 Å². The molecular formula is C13H17ClN4O3. The Morgan fingerprint density at radius 3 is 2.76 bits per heavy atom. The van der Waals surface area contributed by atoms with Gasteiger partial charge in [0.05, 0.1) is 10.5 Å². The predicted octanol–water partition coefficient (Wildman–Crippen LogP) is 1.84. The Hall–Kier alpha value is -1.73. The van der Waals surface area contributed by atoms with E-state index in [1.54, 1.807) is 4.90 Å². The van der Waals surface area contributed by atoms with Crippen molar-refractivity contribution in [3.05, 3.63) is 33.1 Å². The van der Waals surface area contributed by atoms with E-state index in [1.807, 2.05) is 0 Å². The van der Waals surface area contributed by atoms with Gasteiger partial charge in [-0.25, -0.2) is 4.98 Å². The number of carbonyl (C=O) groups is 1. The van der Waals surface area contributed by atoms with Crippen LogP contribution in [0.1, 0.15) is 29.6 Å². The summed E-state index contributed by atoms with van der Waals surface area (Å²) in [5, 5.41) is 10.8. The highest BCUT2D eigenvalue weighted by atomic mass is 35.5. The molecule has 114 valence electrons. The molecular weight excluding hydrogens is 296 g/mol. The van der Waals surface area contributed by atoms with Crippen LogP contribution < -0.4 is 5.73 Å². The van der Waals surface area contributed by atoms with Crippen molar-refractivity contribution in [2.24, 2.45) is 11.7 Å². The first kappa shape index (κ1) is 15.7. The number of rotatable bonds is 4. The zero-order valence-electron chi connectivity index (χ0n) is 11.5. The summed E-state index contributed by atoms with van der Waals surface area (Å²) in [6, 6.07) is 1.18. The van der Waals surface area contributed by atoms with E-state index in [0.29, 0.717) is 25.6 Å². The van der Waals surface area contributed by atoms with E-state index in [2.05, 4.69) is 4.98 Å². The van der Waals surface area contributed by atoms with Gasteiger partial charge in [-0.05, 0) is 31.7 Å². The van der Waals surface area contributed by atoms with Crippen LogP contribution in [0.4, 0.5) is 5.69 Å². The van der Waals surface area contributed by atoms with Gasteiger partial charge >= 0.3 is 0 Å². The van der Waals surface area contributed by atoms with E-state index in [0.717, 1.165) is 25.5 Å². The summed E-state index contributed by atoms with van der Waals surface area (Å²) < 4.78 is 0. The molecule has 0 radical (unpaired) electrons. The van der Waals surface area contributed by atoms with Gasteiger partial charge in [0.2, 0.25) is 0 Å². The van der Waals surface area contributed by atoms with Crippen molar-refractivity contribution in [1.29, 1.82) is 0 Å². The molecule has 2 heterocycles. The van der Waals surface area contributed by atoms with Crippen LogP contribution in [-0.2, 0) is 0 Å². The average Bonchev–Trinajstić information content (AvgIpc) is 2.48. The van der Waals surface area contributed by atoms with E-state index in [1.165, 1.54) is 6.07 Å². The Balaban J connectivity index is 2.10. The molecule has 0 saturated carbocycles. The van der Waals surface area contributed by atoms with Gasteiger partial charge in [0.25, 0.3) is 11.6 Å². The predicted molar refractivity (Wildman–Crippen MR) is 78.2 cm³/mol. The van der Waals surface area contributed by atoms with Crippen molar-refractivity contribution in [2.45, 2.75) is 19.3 Å². The Kier molecular flexibility index (Phi) is 5.08. The molecule has 1 fully saturated rings. The average molecular weight is 313 g/mol. The van der Waals surface area contributed by atoms with Crippen molar-refractivity contribution >= 4 is 23.2 Å². The van der Waals surface area contributed by atoms with Crippen LogP contribution in [-0.4, -0.2) is 40.3 Å². The van der Waals surface area contributed by atoms with Gasteiger partial charge in [-0.3, -0.25) is 14.9 Å². The molecule has 1 aliphatic heterocycles. The molecule has 1 aliphatic rings. The van der Waals surface area contributed by atoms with Crippen LogP contribution >= 0.6 is 11.6 Å². The molecule has 7 nitrogen and oxygen atoms in total. The number of hydrogen-bond donors (Lipinski definition) is 1. The van der Waals surface area contributed by atoms with E-state index in [4.69, 9.17) is 17.3 Å². The highest BCUT2D eigenvalue weighted by Crippen LogP contribution is 2.25. The second kappa shape index (κ2) is 6.82. The Bertz CT molecular complexity index is 544. The molecule has 0 unspecified atom stereocenters. The van der Waals surface area contributed by atoms with Gasteiger partial charge < -0.3 is 10.6 Å². The van der Waals surface area contributed by atoms with Crippen LogP contribution in [0, 0.1) is 16.0 Å². The monoisotopic (exact) mass is 312 g/mol. The molecule has 2 N–H and O–H groups in total. The van der Waals surface area contributed by atoms with E-state index < -0.39 is 4.92 Å². The molecule has 0 aromatic carbocycles. The third-order valence-corrected chi connectivity index (χ3v) is 4.04. The van der Waals surface area contributed by atoms with E-state index in [9.17, 15) is 14.9 Å². The minimum atomic E-state index is -0.590. The first-order valence-corrected chi connectivity index (χ1v) is 7.20. The summed E-state index contributed by atoms with van der Waals surface area (Å²) in [7, 11) is 0. The Morgan fingerprint density at radius 2 is 2.19 bits per heavy atom. The lowest BCUT2D eigenvalue weighted by Gasteiger charge is -2.32. The lowest BCUT2D eigenvalue weighted by Crippen LogP contribution is -2.39. The SMILES string of the molecule is NCCC1CCN(C(=O)c2cc([N+](=O)[O-])cnc2Cl)CC1. The lowest BCUT2D eigenvalue weighted by molar-refractivity contribution is -0.385. The molecule has 1 aromatic heterocycles. The standard InChI is InChI=1S/C13H17ClN4O3/c14-12-11(7-10(8-16-12)18(20)21)13(19)17-5-2-9(1-4-15)3-6-17/h7-9H,1-6,15H2. The largest absolute Gasteiger partial charge is 0.339 e. The van der Waals surface area contributed by atoms with E-state index >= 15 is 0 Å². The zero-order chi connectivity index (χ0) is 15.4. The maximum absolute atomic E-state index is 12.4. The third kappa shape index (κ3) is 3.68. The number of nitro groups is 1. The van der Waals surface area contributed by atoms with Crippen molar-refractivity contribution in [3.8, 4) is 0 Å². The summed E-state index contributed by atoms with van der Waals surface area (Å²) in [6.07, 6.45) is 3.79. The number of carbonyl (C=O) groups excluding carboxylic acids is 1. The number of piperidine rings is 1. The maximum atomic E-state index is 12.4. The molecule has 0 spiro atoms. The van der Waals surface area contributed by atoms with Crippen molar-refractivity contribution < 1.29 is 9.72 Å². The molecule has 1 amide bonds. The van der Waals surface area contributed by atoms with Crippen LogP contribution in [0.5, 0.6) is 0 Å². The van der Waals surface area contributed by atoms with Crippen molar-refractivity contribution in [1.82, 2.24) is 9.88 Å². The number of halogens is 1. The fraction of sp³-hybridized carbons (Fsp3) is 0.538. The van der Waals surface area contributed by atoms with Gasteiger partial charge in [-0.1, -0.05) is 11.6 Å². The molecule has 8 heteroatoms. The normalized spacial score (nSPS) is 16.0. The van der Waals surface area contributed by atoms with Gasteiger partial charge in [-0.2, -0.15) is 0 Å². The second-order valence-electron chi connectivity index (χ2n) is 5.10. The number of likely N-dealkylation sites (tertiary alicyclic amines) is 1. The summed E-state index contributed by atoms with van der Waals surface area (Å²) in [5.41, 5.74) is 5.39. The highest BCUT2D eigenvalue weighted by molar-refractivity contribution is 6.32. The number of nitrogens with zero attached hydrogens (tertiary/aromatic N) is 3. The summed E-state index contributed by atoms with van der Waals surface area (Å²) in [5.74, 6) is 0.236. The first-order valence-electron chi connectivity index (χ1n) is 6.82. The summed E-state index contributed by atoms with van der Waals surface area (Å²) >= 11 is 5.90. The lowest BCUT2D eigenvalue weighted by atomic mass is 9.93. The summed E-state index contributed by atoms with van der Waals surface area (Å²) in [4.78, 5) is 28.0. The topological polar surface area (TPSA) is 102 Å². The maximum Gasteiger partial charge on any atom is 0.288 e. The molecule has 2 rings (SSSR count). The minimum Gasteiger partial charge on any atom is -0.339 e. The molecule has 0 bridgehead atoms. The van der Waals surface area contributed by atoms with Gasteiger partial charge in [0, 0.05) is 19.2 Å². The fourth-order valence-electron chi connectivity index (χ4n) is 2.52. The summed E-state index contributed by atoms with van der Waals surface area (Å²) in [6.45, 7) is 1.88. The Labute approximate surface area is 127 Å². The van der Waals surface area contributed by atoms with Crippen molar-refractivity contribution in [3.63, 3.8) is 0 Å². The fourth-order valence-corrected chi connectivity index (χ4v) is 2.70. The number of pyridine rings is 1. The Morgan fingerprint density at radius 1 is 1.52 bits per heavy atom. The number of amides is 1. The van der Waals surface area contributed by atoms with Crippen LogP contribution in [0.15, 0.2) is 12.3 Å². The molecule has 1 saturated heterocycles. The van der Waals surface area contributed by atoms with Crippen LogP contribution in [0.2, 0.25) is 5.15 Å². The van der Waals surface area contributed by atoms with Crippen LogP contribution in [0.25, 0.3) is 0 Å². The quantitative estimate of drug-likeness (QED) is 0.519. The third-order valence-electron chi connectivity index (χ3n) is 3.74. The number of nitrogens with two attached hydrogens (primary N) is 1. The minimum absolute atomic E-state index is 0.00492. The number of aromatic nitrogens is 1. The zero-order valence-corrected chi connectivity index (χ0v) is 12.3. The molecule has 0 atom stereocenters. The smallest absolute Gasteiger partial charge is 0.288 e. The molecule has 1 aromatic rings. The van der Waals surface area contributed by atoms with Crippen LogP contribution in [0.3, 0.4) is 0 Å². The first-order chi connectivity index (χ1) is 10.0. The van der Waals surface area contributed by atoms with Crippen molar-refractivity contribution in [2.75, 3.05) is 19.6 Å². The van der Waals surface area contributed by atoms with Gasteiger partial charge in [0.1, 0.15) is 11.3 Å². The molecule has 0 aliphatic carbocycles. The number of hydrogen-bond acceptors (Lipinski definition) is 5.